The molecule has 0 unspecified atom stereocenters. The molecule has 0 saturated heterocycles. The zero-order chi connectivity index (χ0) is 18.7. The molecule has 3 aromatic rings. The van der Waals surface area contributed by atoms with Gasteiger partial charge in [-0.25, -0.2) is 4.79 Å². The van der Waals surface area contributed by atoms with Crippen LogP contribution in [0.15, 0.2) is 91.0 Å². The van der Waals surface area contributed by atoms with E-state index in [0.29, 0.717) is 26.2 Å². The van der Waals surface area contributed by atoms with Crippen molar-refractivity contribution in [2.75, 3.05) is 13.2 Å². The second-order valence-corrected chi connectivity index (χ2v) is 6.22. The molecule has 2 amide bonds. The lowest BCUT2D eigenvalue weighted by Gasteiger charge is -2.23. The van der Waals surface area contributed by atoms with Crippen LogP contribution in [0, 0.1) is 0 Å². The molecule has 27 heavy (non-hydrogen) atoms. The zero-order valence-electron chi connectivity index (χ0n) is 15.3. The second kappa shape index (κ2) is 10.0. The van der Waals surface area contributed by atoms with Gasteiger partial charge in [0.05, 0.1) is 6.54 Å². The minimum Gasteiger partial charge on any atom is -0.492 e. The van der Waals surface area contributed by atoms with E-state index in [-0.39, 0.29) is 6.03 Å². The Balaban J connectivity index is 1.56. The van der Waals surface area contributed by atoms with E-state index in [0.717, 1.165) is 16.9 Å². The van der Waals surface area contributed by atoms with Crippen LogP contribution in [-0.2, 0) is 13.1 Å². The summed E-state index contributed by atoms with van der Waals surface area (Å²) in [5.74, 6) is 0.803. The van der Waals surface area contributed by atoms with Gasteiger partial charge in [0.2, 0.25) is 0 Å². The van der Waals surface area contributed by atoms with Gasteiger partial charge < -0.3 is 15.0 Å². The van der Waals surface area contributed by atoms with Gasteiger partial charge in [-0.1, -0.05) is 78.9 Å². The van der Waals surface area contributed by atoms with Crippen LogP contribution in [0.1, 0.15) is 11.1 Å². The van der Waals surface area contributed by atoms with Crippen molar-refractivity contribution < 1.29 is 9.53 Å². The molecule has 0 aliphatic rings. The first-order chi connectivity index (χ1) is 13.3. The molecule has 0 aromatic heterocycles. The highest BCUT2D eigenvalue weighted by molar-refractivity contribution is 5.74. The van der Waals surface area contributed by atoms with E-state index < -0.39 is 0 Å². The molecule has 0 aliphatic carbocycles. The van der Waals surface area contributed by atoms with Crippen LogP contribution in [0.2, 0.25) is 0 Å². The number of nitrogens with one attached hydrogen (secondary N) is 1. The molecule has 0 spiro atoms. The number of para-hydroxylation sites is 1. The fourth-order valence-corrected chi connectivity index (χ4v) is 2.76. The van der Waals surface area contributed by atoms with Gasteiger partial charge >= 0.3 is 6.03 Å². The first-order valence-corrected chi connectivity index (χ1v) is 9.10. The number of hydrogen-bond acceptors (Lipinski definition) is 2. The minimum atomic E-state index is -0.0978. The molecular formula is C23H24N2O2. The van der Waals surface area contributed by atoms with E-state index in [1.807, 2.05) is 95.9 Å². The number of carbonyl (C=O) groups is 1. The lowest BCUT2D eigenvalue weighted by molar-refractivity contribution is 0.189. The molecule has 1 N–H and O–H groups in total. The van der Waals surface area contributed by atoms with E-state index in [9.17, 15) is 4.79 Å². The number of amides is 2. The average molecular weight is 360 g/mol. The second-order valence-electron chi connectivity index (χ2n) is 6.22. The van der Waals surface area contributed by atoms with Gasteiger partial charge in [-0.05, 0) is 23.3 Å². The summed E-state index contributed by atoms with van der Waals surface area (Å²) in [7, 11) is 0. The highest BCUT2D eigenvalue weighted by Gasteiger charge is 2.14. The Morgan fingerprint density at radius 3 is 1.74 bits per heavy atom. The predicted molar refractivity (Wildman–Crippen MR) is 107 cm³/mol. The monoisotopic (exact) mass is 360 g/mol. The molecule has 3 aromatic carbocycles. The van der Waals surface area contributed by atoms with Crippen LogP contribution in [0.4, 0.5) is 4.79 Å². The normalized spacial score (nSPS) is 10.2. The molecule has 0 aliphatic heterocycles. The van der Waals surface area contributed by atoms with Crippen molar-refractivity contribution in [1.29, 1.82) is 0 Å². The van der Waals surface area contributed by atoms with Gasteiger partial charge in [-0.2, -0.15) is 0 Å². The Hall–Kier alpha value is -3.27. The average Bonchev–Trinajstić information content (AvgIpc) is 2.73. The first-order valence-electron chi connectivity index (χ1n) is 9.10. The number of urea groups is 1. The van der Waals surface area contributed by atoms with Gasteiger partial charge in [-0.15, -0.1) is 0 Å². The van der Waals surface area contributed by atoms with Crippen LogP contribution < -0.4 is 10.1 Å². The maximum absolute atomic E-state index is 12.7. The summed E-state index contributed by atoms with van der Waals surface area (Å²) in [5, 5.41) is 2.96. The summed E-state index contributed by atoms with van der Waals surface area (Å²) in [6.07, 6.45) is 0. The molecule has 0 saturated carbocycles. The Labute approximate surface area is 160 Å². The summed E-state index contributed by atoms with van der Waals surface area (Å²) in [5.41, 5.74) is 2.20. The van der Waals surface area contributed by atoms with Crippen molar-refractivity contribution in [1.82, 2.24) is 10.2 Å². The van der Waals surface area contributed by atoms with Gasteiger partial charge in [0.25, 0.3) is 0 Å². The van der Waals surface area contributed by atoms with Crippen LogP contribution in [0.3, 0.4) is 0 Å². The van der Waals surface area contributed by atoms with E-state index in [2.05, 4.69) is 5.32 Å². The van der Waals surface area contributed by atoms with E-state index in [1.165, 1.54) is 0 Å². The largest absolute Gasteiger partial charge is 0.492 e. The number of benzene rings is 3. The fraction of sp³-hybridized carbons (Fsp3) is 0.174. The predicted octanol–water partition coefficient (Wildman–Crippen LogP) is 4.48. The Bertz CT molecular complexity index is 766. The number of carbonyl (C=O) groups excluding carboxylic acids is 1. The van der Waals surface area contributed by atoms with Crippen molar-refractivity contribution in [2.24, 2.45) is 0 Å². The molecule has 3 rings (SSSR count). The number of ether oxygens (including phenoxy) is 1. The molecule has 0 atom stereocenters. The Morgan fingerprint density at radius 1 is 0.741 bits per heavy atom. The van der Waals surface area contributed by atoms with Crippen LogP contribution in [-0.4, -0.2) is 24.1 Å². The van der Waals surface area contributed by atoms with E-state index in [1.54, 1.807) is 0 Å². The molecule has 0 bridgehead atoms. The summed E-state index contributed by atoms with van der Waals surface area (Å²) >= 11 is 0. The molecule has 0 radical (unpaired) electrons. The van der Waals surface area contributed by atoms with Gasteiger partial charge in [0.15, 0.2) is 0 Å². The Kier molecular flexibility index (Phi) is 6.87. The lowest BCUT2D eigenvalue weighted by Crippen LogP contribution is -2.40. The first kappa shape index (κ1) is 18.5. The summed E-state index contributed by atoms with van der Waals surface area (Å²) < 4.78 is 5.64. The van der Waals surface area contributed by atoms with E-state index >= 15 is 0 Å². The third kappa shape index (κ3) is 6.19. The highest BCUT2D eigenvalue weighted by Crippen LogP contribution is 2.11. The maximum atomic E-state index is 12.7. The summed E-state index contributed by atoms with van der Waals surface area (Å²) in [6.45, 7) is 2.00. The molecule has 0 fully saturated rings. The summed E-state index contributed by atoms with van der Waals surface area (Å²) in [6, 6.07) is 29.5. The molecule has 4 heteroatoms. The van der Waals surface area contributed by atoms with Crippen molar-refractivity contribution in [3.8, 4) is 5.75 Å². The lowest BCUT2D eigenvalue weighted by atomic mass is 10.2. The van der Waals surface area contributed by atoms with E-state index in [4.69, 9.17) is 4.74 Å². The van der Waals surface area contributed by atoms with Crippen LogP contribution in [0.5, 0.6) is 5.75 Å². The maximum Gasteiger partial charge on any atom is 0.318 e. The number of nitrogens with zero attached hydrogens (tertiary/aromatic N) is 1. The van der Waals surface area contributed by atoms with Crippen LogP contribution in [0.25, 0.3) is 0 Å². The van der Waals surface area contributed by atoms with Gasteiger partial charge in [-0.3, -0.25) is 0 Å². The minimum absolute atomic E-state index is 0.0978. The zero-order valence-corrected chi connectivity index (χ0v) is 15.3. The molecule has 0 heterocycles. The van der Waals surface area contributed by atoms with Crippen molar-refractivity contribution in [2.45, 2.75) is 13.1 Å². The van der Waals surface area contributed by atoms with Crippen LogP contribution >= 0.6 is 0 Å². The van der Waals surface area contributed by atoms with Gasteiger partial charge in [0.1, 0.15) is 12.4 Å². The number of hydrogen-bond donors (Lipinski definition) is 1. The number of rotatable bonds is 8. The standard InChI is InChI=1S/C23H24N2O2/c26-23(24-16-17-27-22-14-8-3-9-15-22)25(18-20-10-4-1-5-11-20)19-21-12-6-2-7-13-21/h1-15H,16-19H2,(H,24,26). The SMILES string of the molecule is O=C(NCCOc1ccccc1)N(Cc1ccccc1)Cc1ccccc1. The van der Waals surface area contributed by atoms with Crippen molar-refractivity contribution >= 4 is 6.03 Å². The topological polar surface area (TPSA) is 41.6 Å². The third-order valence-electron chi connectivity index (χ3n) is 4.11. The van der Waals surface area contributed by atoms with Crippen molar-refractivity contribution in [3.63, 3.8) is 0 Å². The Morgan fingerprint density at radius 2 is 1.22 bits per heavy atom. The molecular weight excluding hydrogens is 336 g/mol. The van der Waals surface area contributed by atoms with Gasteiger partial charge in [0, 0.05) is 13.1 Å². The highest BCUT2D eigenvalue weighted by atomic mass is 16.5. The molecule has 4 nitrogen and oxygen atoms in total. The van der Waals surface area contributed by atoms with Crippen molar-refractivity contribution in [3.05, 3.63) is 102 Å². The molecule has 138 valence electrons. The summed E-state index contributed by atoms with van der Waals surface area (Å²) in [4.78, 5) is 14.5. The third-order valence-corrected chi connectivity index (χ3v) is 4.11. The fourth-order valence-electron chi connectivity index (χ4n) is 2.76. The smallest absolute Gasteiger partial charge is 0.318 e. The quantitative estimate of drug-likeness (QED) is 0.602.